The number of nitrogen functional groups attached to an aromatic ring is 1. The fourth-order valence-corrected chi connectivity index (χ4v) is 2.02. The quantitative estimate of drug-likeness (QED) is 0.824. The highest BCUT2D eigenvalue weighted by Crippen LogP contribution is 2.30. The van der Waals surface area contributed by atoms with E-state index in [1.807, 2.05) is 0 Å². The van der Waals surface area contributed by atoms with Crippen LogP contribution in [0.1, 0.15) is 10.4 Å². The number of para-hydroxylation sites is 1. The van der Waals surface area contributed by atoms with Gasteiger partial charge in [0.1, 0.15) is 5.82 Å². The Hall–Kier alpha value is -1.78. The van der Waals surface area contributed by atoms with Crippen molar-refractivity contribution in [1.29, 1.82) is 0 Å². The minimum atomic E-state index is -0.577. The molecular weight excluding hydrogens is 290 g/mol. The molecule has 0 aliphatic carbocycles. The SMILES string of the molecule is Nc1ccc(F)cc1C(=O)Nc1c(Cl)cccc1Cl. The Labute approximate surface area is 119 Å². The number of hydrogen-bond donors (Lipinski definition) is 2. The number of benzene rings is 2. The summed E-state index contributed by atoms with van der Waals surface area (Å²) in [4.78, 5) is 12.0. The number of rotatable bonds is 2. The summed E-state index contributed by atoms with van der Waals surface area (Å²) in [6, 6.07) is 8.36. The van der Waals surface area contributed by atoms with Gasteiger partial charge in [0.15, 0.2) is 0 Å². The monoisotopic (exact) mass is 298 g/mol. The fraction of sp³-hybridized carbons (Fsp3) is 0. The molecule has 98 valence electrons. The standard InChI is InChI=1S/C13H9Cl2FN2O/c14-9-2-1-3-10(15)12(9)18-13(19)8-6-7(16)4-5-11(8)17/h1-6H,17H2,(H,18,19). The van der Waals surface area contributed by atoms with E-state index in [1.54, 1.807) is 18.2 Å². The van der Waals surface area contributed by atoms with Crippen LogP contribution in [0.5, 0.6) is 0 Å². The summed E-state index contributed by atoms with van der Waals surface area (Å²) >= 11 is 11.9. The van der Waals surface area contributed by atoms with E-state index in [-0.39, 0.29) is 27.0 Å². The highest BCUT2D eigenvalue weighted by Gasteiger charge is 2.14. The first-order valence-electron chi connectivity index (χ1n) is 5.29. The Morgan fingerprint density at radius 2 is 1.79 bits per heavy atom. The molecule has 6 heteroatoms. The van der Waals surface area contributed by atoms with Crippen LogP contribution in [0.2, 0.25) is 10.0 Å². The minimum absolute atomic E-state index is 0.0241. The Morgan fingerprint density at radius 1 is 1.16 bits per heavy atom. The van der Waals surface area contributed by atoms with Crippen molar-refractivity contribution in [2.75, 3.05) is 11.1 Å². The maximum atomic E-state index is 13.1. The zero-order valence-electron chi connectivity index (χ0n) is 9.58. The summed E-state index contributed by atoms with van der Waals surface area (Å²) in [6.45, 7) is 0. The minimum Gasteiger partial charge on any atom is -0.398 e. The Bertz CT molecular complexity index is 626. The zero-order valence-corrected chi connectivity index (χ0v) is 11.1. The van der Waals surface area contributed by atoms with Gasteiger partial charge in [-0.2, -0.15) is 0 Å². The molecule has 0 aliphatic heterocycles. The average molecular weight is 299 g/mol. The zero-order chi connectivity index (χ0) is 14.0. The second kappa shape index (κ2) is 5.47. The van der Waals surface area contributed by atoms with E-state index in [4.69, 9.17) is 28.9 Å². The molecule has 2 rings (SSSR count). The van der Waals surface area contributed by atoms with Crippen LogP contribution in [0.15, 0.2) is 36.4 Å². The second-order valence-corrected chi connectivity index (χ2v) is 4.60. The molecule has 0 radical (unpaired) electrons. The van der Waals surface area contributed by atoms with Gasteiger partial charge in [-0.1, -0.05) is 29.3 Å². The topological polar surface area (TPSA) is 55.1 Å². The fourth-order valence-electron chi connectivity index (χ4n) is 1.52. The van der Waals surface area contributed by atoms with Gasteiger partial charge in [-0.15, -0.1) is 0 Å². The molecule has 0 fully saturated rings. The smallest absolute Gasteiger partial charge is 0.257 e. The number of hydrogen-bond acceptors (Lipinski definition) is 2. The number of amides is 1. The highest BCUT2D eigenvalue weighted by atomic mass is 35.5. The molecule has 0 saturated carbocycles. The van der Waals surface area contributed by atoms with Crippen LogP contribution in [-0.4, -0.2) is 5.91 Å². The predicted octanol–water partition coefficient (Wildman–Crippen LogP) is 3.97. The first-order valence-corrected chi connectivity index (χ1v) is 6.05. The molecule has 0 bridgehead atoms. The van der Waals surface area contributed by atoms with Crippen LogP contribution in [0, 0.1) is 5.82 Å². The molecule has 1 amide bonds. The summed E-state index contributed by atoms with van der Waals surface area (Å²) in [5.41, 5.74) is 6.08. The third kappa shape index (κ3) is 2.97. The Morgan fingerprint density at radius 3 is 2.42 bits per heavy atom. The molecule has 0 unspecified atom stereocenters. The first-order chi connectivity index (χ1) is 8.99. The molecular formula is C13H9Cl2FN2O. The van der Waals surface area contributed by atoms with Crippen molar-refractivity contribution >= 4 is 40.5 Å². The van der Waals surface area contributed by atoms with E-state index in [1.165, 1.54) is 12.1 Å². The van der Waals surface area contributed by atoms with Crippen LogP contribution in [-0.2, 0) is 0 Å². The van der Waals surface area contributed by atoms with E-state index in [2.05, 4.69) is 5.32 Å². The Kier molecular flexibility index (Phi) is 3.93. The molecule has 0 spiro atoms. The van der Waals surface area contributed by atoms with Gasteiger partial charge in [0.2, 0.25) is 0 Å². The first kappa shape index (κ1) is 13.6. The van der Waals surface area contributed by atoms with Crippen molar-refractivity contribution in [1.82, 2.24) is 0 Å². The molecule has 19 heavy (non-hydrogen) atoms. The lowest BCUT2D eigenvalue weighted by molar-refractivity contribution is 0.102. The normalized spacial score (nSPS) is 10.3. The van der Waals surface area contributed by atoms with Gasteiger partial charge in [-0.3, -0.25) is 4.79 Å². The molecule has 0 heterocycles. The lowest BCUT2D eigenvalue weighted by atomic mass is 10.1. The lowest BCUT2D eigenvalue weighted by Crippen LogP contribution is -2.15. The molecule has 3 nitrogen and oxygen atoms in total. The number of halogens is 3. The lowest BCUT2D eigenvalue weighted by Gasteiger charge is -2.10. The molecule has 3 N–H and O–H groups in total. The van der Waals surface area contributed by atoms with Crippen LogP contribution in [0.3, 0.4) is 0 Å². The summed E-state index contributed by atoms with van der Waals surface area (Å²) in [5.74, 6) is -1.13. The van der Waals surface area contributed by atoms with Crippen molar-refractivity contribution in [3.8, 4) is 0 Å². The number of carbonyl (C=O) groups excluding carboxylic acids is 1. The van der Waals surface area contributed by atoms with Crippen LogP contribution in [0.25, 0.3) is 0 Å². The third-order valence-corrected chi connectivity index (χ3v) is 3.09. The van der Waals surface area contributed by atoms with Crippen molar-refractivity contribution in [2.45, 2.75) is 0 Å². The predicted molar refractivity (Wildman–Crippen MR) is 75.2 cm³/mol. The van der Waals surface area contributed by atoms with Crippen molar-refractivity contribution in [3.63, 3.8) is 0 Å². The van der Waals surface area contributed by atoms with Crippen molar-refractivity contribution in [2.24, 2.45) is 0 Å². The van der Waals surface area contributed by atoms with Gasteiger partial charge in [0, 0.05) is 5.69 Å². The van der Waals surface area contributed by atoms with Gasteiger partial charge in [0.25, 0.3) is 5.91 Å². The van der Waals surface area contributed by atoms with E-state index in [0.717, 1.165) is 6.07 Å². The van der Waals surface area contributed by atoms with E-state index in [0.29, 0.717) is 0 Å². The van der Waals surface area contributed by atoms with Crippen LogP contribution in [0.4, 0.5) is 15.8 Å². The summed E-state index contributed by atoms with van der Waals surface area (Å²) < 4.78 is 13.1. The van der Waals surface area contributed by atoms with Gasteiger partial charge >= 0.3 is 0 Å². The largest absolute Gasteiger partial charge is 0.398 e. The van der Waals surface area contributed by atoms with E-state index < -0.39 is 11.7 Å². The third-order valence-electron chi connectivity index (χ3n) is 2.46. The van der Waals surface area contributed by atoms with Crippen molar-refractivity contribution in [3.05, 3.63) is 57.8 Å². The van der Waals surface area contributed by atoms with E-state index >= 15 is 0 Å². The summed E-state index contributed by atoms with van der Waals surface area (Å²) in [6.07, 6.45) is 0. The number of anilines is 2. The van der Waals surface area contributed by atoms with Crippen LogP contribution < -0.4 is 11.1 Å². The molecule has 0 saturated heterocycles. The van der Waals surface area contributed by atoms with Gasteiger partial charge < -0.3 is 11.1 Å². The maximum Gasteiger partial charge on any atom is 0.257 e. The molecule has 0 atom stereocenters. The molecule has 2 aromatic carbocycles. The maximum absolute atomic E-state index is 13.1. The van der Waals surface area contributed by atoms with Gasteiger partial charge in [-0.25, -0.2) is 4.39 Å². The highest BCUT2D eigenvalue weighted by molar-refractivity contribution is 6.40. The van der Waals surface area contributed by atoms with Crippen molar-refractivity contribution < 1.29 is 9.18 Å². The molecule has 0 aromatic heterocycles. The summed E-state index contributed by atoms with van der Waals surface area (Å²) in [5, 5.41) is 3.09. The Balaban J connectivity index is 2.34. The average Bonchev–Trinajstić information content (AvgIpc) is 2.37. The molecule has 2 aromatic rings. The van der Waals surface area contributed by atoms with E-state index in [9.17, 15) is 9.18 Å². The number of nitrogens with two attached hydrogens (primary N) is 1. The van der Waals surface area contributed by atoms with Gasteiger partial charge in [0.05, 0.1) is 21.3 Å². The summed E-state index contributed by atoms with van der Waals surface area (Å²) in [7, 11) is 0. The van der Waals surface area contributed by atoms with Gasteiger partial charge in [-0.05, 0) is 30.3 Å². The second-order valence-electron chi connectivity index (χ2n) is 3.78. The number of carbonyl (C=O) groups is 1. The number of nitrogens with one attached hydrogen (secondary N) is 1. The van der Waals surface area contributed by atoms with Crippen LogP contribution >= 0.6 is 23.2 Å². The molecule has 0 aliphatic rings.